The van der Waals surface area contributed by atoms with Crippen molar-refractivity contribution in [3.63, 3.8) is 0 Å². The third-order valence-corrected chi connectivity index (χ3v) is 4.21. The van der Waals surface area contributed by atoms with Gasteiger partial charge in [-0.05, 0) is 24.6 Å². The molecule has 0 fully saturated rings. The summed E-state index contributed by atoms with van der Waals surface area (Å²) in [6.45, 7) is 2.65. The molecule has 0 unspecified atom stereocenters. The van der Waals surface area contributed by atoms with Gasteiger partial charge in [-0.2, -0.15) is 5.10 Å². The highest BCUT2D eigenvalue weighted by molar-refractivity contribution is 6.54. The average Bonchev–Trinajstić information content (AvgIpc) is 2.95. The molecule has 1 amide bonds. The molecule has 7 nitrogen and oxygen atoms in total. The fourth-order valence-electron chi connectivity index (χ4n) is 2.95. The third-order valence-electron chi connectivity index (χ3n) is 4.21. The second kappa shape index (κ2) is 7.90. The van der Waals surface area contributed by atoms with E-state index >= 15 is 0 Å². The van der Waals surface area contributed by atoms with Crippen molar-refractivity contribution in [2.75, 3.05) is 25.7 Å². The number of rotatable bonds is 6. The van der Waals surface area contributed by atoms with Gasteiger partial charge in [0.15, 0.2) is 17.2 Å². The van der Waals surface area contributed by atoms with Crippen molar-refractivity contribution in [2.45, 2.75) is 13.3 Å². The summed E-state index contributed by atoms with van der Waals surface area (Å²) in [6.07, 6.45) is 2.33. The summed E-state index contributed by atoms with van der Waals surface area (Å²) in [4.78, 5) is 14.4. The smallest absolute Gasteiger partial charge is 0.279 e. The van der Waals surface area contributed by atoms with Gasteiger partial charge in [-0.1, -0.05) is 25.1 Å². The zero-order valence-electron chi connectivity index (χ0n) is 15.5. The van der Waals surface area contributed by atoms with Gasteiger partial charge in [0, 0.05) is 17.7 Å². The minimum Gasteiger partial charge on any atom is -0.502 e. The van der Waals surface area contributed by atoms with Gasteiger partial charge < -0.3 is 19.5 Å². The Hall–Kier alpha value is -3.35. The van der Waals surface area contributed by atoms with Crippen molar-refractivity contribution in [3.8, 4) is 17.2 Å². The van der Waals surface area contributed by atoms with Gasteiger partial charge in [0.25, 0.3) is 5.91 Å². The number of amides is 1. The number of aromatic hydroxyl groups is 1. The van der Waals surface area contributed by atoms with E-state index in [1.807, 2.05) is 31.2 Å². The molecule has 0 aromatic heterocycles. The number of para-hydroxylation sites is 1. The average molecular weight is 367 g/mol. The number of methoxy groups -OCH3 is 2. The predicted octanol–water partition coefficient (Wildman–Crippen LogP) is 2.99. The largest absolute Gasteiger partial charge is 0.502 e. The van der Waals surface area contributed by atoms with Crippen LogP contribution in [0.1, 0.15) is 24.5 Å². The van der Waals surface area contributed by atoms with Crippen molar-refractivity contribution in [2.24, 2.45) is 10.2 Å². The Morgan fingerprint density at radius 2 is 1.81 bits per heavy atom. The summed E-state index contributed by atoms with van der Waals surface area (Å²) in [5.41, 5.74) is 2.56. The van der Waals surface area contributed by atoms with Crippen LogP contribution in [0.2, 0.25) is 0 Å². The lowest BCUT2D eigenvalue weighted by molar-refractivity contribution is -0.112. The van der Waals surface area contributed by atoms with Crippen LogP contribution in [0.25, 0.3) is 0 Å². The Kier molecular flexibility index (Phi) is 5.40. The molecule has 0 aliphatic carbocycles. The van der Waals surface area contributed by atoms with Crippen LogP contribution in [0, 0.1) is 0 Å². The molecule has 0 saturated carbocycles. The first-order valence-electron chi connectivity index (χ1n) is 8.58. The van der Waals surface area contributed by atoms with Crippen molar-refractivity contribution in [3.05, 3.63) is 47.5 Å². The molecule has 1 N–H and O–H groups in total. The number of carbonyl (C=O) groups excluding carboxylic acids is 1. The molecule has 1 aliphatic heterocycles. The van der Waals surface area contributed by atoms with Crippen LogP contribution in [-0.2, 0) is 4.79 Å². The maximum absolute atomic E-state index is 12.7. The highest BCUT2D eigenvalue weighted by Crippen LogP contribution is 2.36. The molecular weight excluding hydrogens is 346 g/mol. The maximum Gasteiger partial charge on any atom is 0.279 e. The van der Waals surface area contributed by atoms with Gasteiger partial charge in [-0.25, -0.2) is 0 Å². The number of hydrogen-bond donors (Lipinski definition) is 1. The highest BCUT2D eigenvalue weighted by Gasteiger charge is 2.33. The number of anilines is 1. The molecule has 3 rings (SSSR count). The summed E-state index contributed by atoms with van der Waals surface area (Å²) in [5.74, 6) is 0.286. The van der Waals surface area contributed by atoms with Crippen LogP contribution >= 0.6 is 0 Å². The number of nitrogens with zero attached hydrogens (tertiary/aromatic N) is 3. The number of hydrogen-bond acceptors (Lipinski definition) is 6. The molecule has 140 valence electrons. The topological polar surface area (TPSA) is 83.7 Å². The molecule has 0 spiro atoms. The Bertz CT molecular complexity index is 896. The molecule has 7 heteroatoms. The van der Waals surface area contributed by atoms with Gasteiger partial charge in [0.1, 0.15) is 0 Å². The molecule has 1 heterocycles. The fraction of sp³-hybridized carbons (Fsp3) is 0.250. The summed E-state index contributed by atoms with van der Waals surface area (Å²) in [6, 6.07) is 10.8. The van der Waals surface area contributed by atoms with Crippen LogP contribution in [0.5, 0.6) is 17.2 Å². The van der Waals surface area contributed by atoms with Crippen molar-refractivity contribution < 1.29 is 19.4 Å². The van der Waals surface area contributed by atoms with Gasteiger partial charge in [-0.3, -0.25) is 4.79 Å². The zero-order chi connectivity index (χ0) is 19.4. The van der Waals surface area contributed by atoms with Crippen LogP contribution in [0.15, 0.2) is 46.6 Å². The van der Waals surface area contributed by atoms with E-state index in [0.29, 0.717) is 17.8 Å². The van der Waals surface area contributed by atoms with E-state index in [0.717, 1.165) is 17.7 Å². The Morgan fingerprint density at radius 3 is 2.44 bits per heavy atom. The summed E-state index contributed by atoms with van der Waals surface area (Å²) in [5, 5.41) is 18.2. The molecule has 2 aromatic carbocycles. The normalized spacial score (nSPS) is 14.9. The van der Waals surface area contributed by atoms with E-state index in [1.54, 1.807) is 17.0 Å². The standard InChI is InChI=1S/C20H21N3O4/c1-4-9-23-15-8-6-5-7-14(15)18(20(23)25)22-21-12-13-10-16(26-2)19(24)17(11-13)27-3/h5-8,10-12,24H,4,9H2,1-3H3/b21-12+,22-18+. The molecule has 1 aliphatic rings. The SMILES string of the molecule is CCCN1C(=O)/C(=N/N=C/c2cc(OC)c(O)c(OC)c2)c2ccccc21. The van der Waals surface area contributed by atoms with Crippen LogP contribution in [0.3, 0.4) is 0 Å². The minimum absolute atomic E-state index is 0.0847. The van der Waals surface area contributed by atoms with Crippen molar-refractivity contribution in [1.29, 1.82) is 0 Å². The molecule has 0 saturated heterocycles. The number of ether oxygens (including phenoxy) is 2. The highest BCUT2D eigenvalue weighted by atomic mass is 16.5. The number of fused-ring (bicyclic) bond motifs is 1. The quantitative estimate of drug-likeness (QED) is 0.628. The Balaban J connectivity index is 1.93. The summed E-state index contributed by atoms with van der Waals surface area (Å²) in [7, 11) is 2.90. The minimum atomic E-state index is -0.156. The van der Waals surface area contributed by atoms with E-state index in [2.05, 4.69) is 10.2 Å². The van der Waals surface area contributed by atoms with Gasteiger partial charge >= 0.3 is 0 Å². The lowest BCUT2D eigenvalue weighted by atomic mass is 10.1. The predicted molar refractivity (Wildman–Crippen MR) is 104 cm³/mol. The van der Waals surface area contributed by atoms with Crippen molar-refractivity contribution >= 4 is 23.5 Å². The molecule has 0 bridgehead atoms. The van der Waals surface area contributed by atoms with Crippen LogP contribution in [0.4, 0.5) is 5.69 Å². The lowest BCUT2D eigenvalue weighted by Gasteiger charge is -2.14. The molecule has 0 atom stereocenters. The fourth-order valence-corrected chi connectivity index (χ4v) is 2.95. The Labute approximate surface area is 157 Å². The van der Waals surface area contributed by atoms with Crippen LogP contribution in [-0.4, -0.2) is 43.7 Å². The first-order chi connectivity index (χ1) is 13.1. The molecule has 2 aromatic rings. The molecule has 0 radical (unpaired) electrons. The van der Waals surface area contributed by atoms with Gasteiger partial charge in [-0.15, -0.1) is 5.10 Å². The van der Waals surface area contributed by atoms with Crippen molar-refractivity contribution in [1.82, 2.24) is 0 Å². The first-order valence-corrected chi connectivity index (χ1v) is 8.58. The first kappa shape index (κ1) is 18.4. The third kappa shape index (κ3) is 3.48. The number of carbonyl (C=O) groups is 1. The zero-order valence-corrected chi connectivity index (χ0v) is 15.5. The van der Waals surface area contributed by atoms with E-state index in [-0.39, 0.29) is 23.2 Å². The van der Waals surface area contributed by atoms with E-state index in [4.69, 9.17) is 9.47 Å². The summed E-state index contributed by atoms with van der Waals surface area (Å²) >= 11 is 0. The van der Waals surface area contributed by atoms with Gasteiger partial charge in [0.2, 0.25) is 5.75 Å². The van der Waals surface area contributed by atoms with E-state index in [9.17, 15) is 9.90 Å². The monoisotopic (exact) mass is 367 g/mol. The lowest BCUT2D eigenvalue weighted by Crippen LogP contribution is -2.30. The molecular formula is C20H21N3O4. The Morgan fingerprint density at radius 1 is 1.15 bits per heavy atom. The number of benzene rings is 2. The van der Waals surface area contributed by atoms with E-state index in [1.165, 1.54) is 20.4 Å². The van der Waals surface area contributed by atoms with Gasteiger partial charge in [0.05, 0.1) is 26.1 Å². The molecule has 27 heavy (non-hydrogen) atoms. The van der Waals surface area contributed by atoms with E-state index < -0.39 is 0 Å². The van der Waals surface area contributed by atoms with Crippen LogP contribution < -0.4 is 14.4 Å². The summed E-state index contributed by atoms with van der Waals surface area (Å²) < 4.78 is 10.2. The number of phenolic OH excluding ortho intramolecular Hbond substituents is 1. The maximum atomic E-state index is 12.7. The second-order valence-corrected chi connectivity index (χ2v) is 5.94. The number of phenols is 1. The second-order valence-electron chi connectivity index (χ2n) is 5.94.